The number of rotatable bonds is 3. The van der Waals surface area contributed by atoms with Crippen LogP contribution in [0.25, 0.3) is 0 Å². The van der Waals surface area contributed by atoms with Gasteiger partial charge < -0.3 is 14.6 Å². The van der Waals surface area contributed by atoms with E-state index >= 15 is 0 Å². The molecular weight excluding hydrogens is 310 g/mol. The van der Waals surface area contributed by atoms with E-state index in [4.69, 9.17) is 4.74 Å². The summed E-state index contributed by atoms with van der Waals surface area (Å²) in [6.45, 7) is 3.54. The van der Waals surface area contributed by atoms with Gasteiger partial charge in [0.15, 0.2) is 0 Å². The topological polar surface area (TPSA) is 56.2 Å². The first kappa shape index (κ1) is 14.9. The molecular formula is C17H21N3O2S. The molecule has 2 aromatic rings. The monoisotopic (exact) mass is 331 g/mol. The SMILES string of the molecule is Cc1cn2c(n1)CC[C@H](NC(=O)C[C@H]1OCCc3sccc31)C2. The van der Waals surface area contributed by atoms with Crippen LogP contribution in [0.1, 0.15) is 40.9 Å². The average molecular weight is 331 g/mol. The fourth-order valence-corrected chi connectivity index (χ4v) is 4.47. The van der Waals surface area contributed by atoms with Crippen LogP contribution in [0, 0.1) is 6.92 Å². The second-order valence-corrected chi connectivity index (χ2v) is 7.37. The molecule has 2 aromatic heterocycles. The van der Waals surface area contributed by atoms with Crippen molar-refractivity contribution in [1.29, 1.82) is 0 Å². The summed E-state index contributed by atoms with van der Waals surface area (Å²) in [7, 11) is 0. The lowest BCUT2D eigenvalue weighted by Gasteiger charge is -2.27. The minimum atomic E-state index is -0.0837. The third-order valence-corrected chi connectivity index (χ3v) is 5.62. The van der Waals surface area contributed by atoms with Crippen LogP contribution in [0.5, 0.6) is 0 Å². The Labute approximate surface area is 139 Å². The highest BCUT2D eigenvalue weighted by atomic mass is 32.1. The van der Waals surface area contributed by atoms with Gasteiger partial charge in [-0.15, -0.1) is 11.3 Å². The van der Waals surface area contributed by atoms with Crippen molar-refractivity contribution in [2.45, 2.75) is 51.3 Å². The van der Waals surface area contributed by atoms with Crippen molar-refractivity contribution >= 4 is 17.2 Å². The summed E-state index contributed by atoms with van der Waals surface area (Å²) in [5.41, 5.74) is 2.25. The van der Waals surface area contributed by atoms with Crippen LogP contribution in [0.2, 0.25) is 0 Å². The van der Waals surface area contributed by atoms with Crippen LogP contribution in [0.15, 0.2) is 17.6 Å². The van der Waals surface area contributed by atoms with E-state index in [1.807, 2.05) is 6.92 Å². The van der Waals surface area contributed by atoms with Crippen molar-refractivity contribution in [1.82, 2.24) is 14.9 Å². The lowest BCUT2D eigenvalue weighted by molar-refractivity contribution is -0.125. The Morgan fingerprint density at radius 3 is 3.35 bits per heavy atom. The smallest absolute Gasteiger partial charge is 0.223 e. The van der Waals surface area contributed by atoms with Crippen LogP contribution in [-0.4, -0.2) is 28.1 Å². The summed E-state index contributed by atoms with van der Waals surface area (Å²) in [5.74, 6) is 1.21. The second kappa shape index (κ2) is 6.09. The summed E-state index contributed by atoms with van der Waals surface area (Å²) in [4.78, 5) is 18.3. The molecule has 4 heterocycles. The van der Waals surface area contributed by atoms with Gasteiger partial charge in [0.05, 0.1) is 24.8 Å². The Balaban J connectivity index is 1.37. The van der Waals surface area contributed by atoms with Gasteiger partial charge in [-0.05, 0) is 30.4 Å². The minimum Gasteiger partial charge on any atom is -0.373 e. The Kier molecular flexibility index (Phi) is 3.95. The molecule has 1 N–H and O–H groups in total. The first-order valence-corrected chi connectivity index (χ1v) is 9.07. The number of aryl methyl sites for hydroxylation is 2. The third kappa shape index (κ3) is 3.05. The maximum absolute atomic E-state index is 12.4. The summed E-state index contributed by atoms with van der Waals surface area (Å²) >= 11 is 1.76. The molecule has 0 bridgehead atoms. The van der Waals surface area contributed by atoms with Gasteiger partial charge in [0.25, 0.3) is 0 Å². The van der Waals surface area contributed by atoms with E-state index in [-0.39, 0.29) is 18.1 Å². The van der Waals surface area contributed by atoms with E-state index < -0.39 is 0 Å². The Morgan fingerprint density at radius 1 is 1.52 bits per heavy atom. The molecule has 0 unspecified atom stereocenters. The minimum absolute atomic E-state index is 0.0827. The average Bonchev–Trinajstić information content (AvgIpc) is 3.12. The molecule has 0 aromatic carbocycles. The van der Waals surface area contributed by atoms with Crippen LogP contribution in [0.3, 0.4) is 0 Å². The van der Waals surface area contributed by atoms with Gasteiger partial charge in [0.2, 0.25) is 5.91 Å². The van der Waals surface area contributed by atoms with Gasteiger partial charge in [0, 0.05) is 36.5 Å². The van der Waals surface area contributed by atoms with Gasteiger partial charge in [0.1, 0.15) is 5.82 Å². The highest BCUT2D eigenvalue weighted by Gasteiger charge is 2.26. The number of nitrogens with zero attached hydrogens (tertiary/aromatic N) is 2. The number of hydrogen-bond donors (Lipinski definition) is 1. The Morgan fingerprint density at radius 2 is 2.43 bits per heavy atom. The molecule has 2 aliphatic rings. The zero-order chi connectivity index (χ0) is 15.8. The van der Waals surface area contributed by atoms with Crippen molar-refractivity contribution in [3.05, 3.63) is 39.6 Å². The molecule has 5 nitrogen and oxygen atoms in total. The normalized spacial score (nSPS) is 23.2. The zero-order valence-corrected chi connectivity index (χ0v) is 14.1. The third-order valence-electron chi connectivity index (χ3n) is 4.62. The van der Waals surface area contributed by atoms with Crippen molar-refractivity contribution in [3.8, 4) is 0 Å². The molecule has 122 valence electrons. The number of imidazole rings is 1. The molecule has 0 saturated carbocycles. The van der Waals surface area contributed by atoms with Crippen LogP contribution in [-0.2, 0) is 28.9 Å². The number of ether oxygens (including phenoxy) is 1. The number of nitrogens with one attached hydrogen (secondary N) is 1. The van der Waals surface area contributed by atoms with Crippen molar-refractivity contribution in [2.24, 2.45) is 0 Å². The summed E-state index contributed by atoms with van der Waals surface area (Å²) in [6, 6.07) is 2.28. The van der Waals surface area contributed by atoms with E-state index in [1.165, 1.54) is 10.4 Å². The highest BCUT2D eigenvalue weighted by Crippen LogP contribution is 2.33. The van der Waals surface area contributed by atoms with Gasteiger partial charge >= 0.3 is 0 Å². The highest BCUT2D eigenvalue weighted by molar-refractivity contribution is 7.10. The molecule has 0 radical (unpaired) electrons. The molecule has 0 saturated heterocycles. The van der Waals surface area contributed by atoms with Gasteiger partial charge in [-0.3, -0.25) is 4.79 Å². The number of carbonyl (C=O) groups excluding carboxylic acids is 1. The maximum atomic E-state index is 12.4. The number of aromatic nitrogens is 2. The fraction of sp³-hybridized carbons (Fsp3) is 0.529. The van der Waals surface area contributed by atoms with Crippen LogP contribution < -0.4 is 5.32 Å². The quantitative estimate of drug-likeness (QED) is 0.939. The Bertz CT molecular complexity index is 721. The summed E-state index contributed by atoms with van der Waals surface area (Å²) < 4.78 is 7.98. The molecule has 2 atom stereocenters. The molecule has 0 fully saturated rings. The van der Waals surface area contributed by atoms with Crippen molar-refractivity contribution in [3.63, 3.8) is 0 Å². The lowest BCUT2D eigenvalue weighted by Crippen LogP contribution is -2.41. The number of hydrogen-bond acceptors (Lipinski definition) is 4. The predicted molar refractivity (Wildman–Crippen MR) is 88.5 cm³/mol. The number of carbonyl (C=O) groups is 1. The first-order valence-electron chi connectivity index (χ1n) is 8.19. The van der Waals surface area contributed by atoms with Crippen LogP contribution in [0.4, 0.5) is 0 Å². The Hall–Kier alpha value is -1.66. The van der Waals surface area contributed by atoms with E-state index in [9.17, 15) is 4.79 Å². The van der Waals surface area contributed by atoms with Gasteiger partial charge in [-0.1, -0.05) is 0 Å². The molecule has 0 spiro atoms. The molecule has 4 rings (SSSR count). The number of amides is 1. The maximum Gasteiger partial charge on any atom is 0.223 e. The van der Waals surface area contributed by atoms with Crippen molar-refractivity contribution in [2.75, 3.05) is 6.61 Å². The van der Waals surface area contributed by atoms with Crippen molar-refractivity contribution < 1.29 is 9.53 Å². The first-order chi connectivity index (χ1) is 11.2. The molecule has 1 amide bonds. The summed E-state index contributed by atoms with van der Waals surface area (Å²) in [5, 5.41) is 5.27. The van der Waals surface area contributed by atoms with Crippen LogP contribution >= 0.6 is 11.3 Å². The fourth-order valence-electron chi connectivity index (χ4n) is 3.55. The molecule has 23 heavy (non-hydrogen) atoms. The van der Waals surface area contributed by atoms with Gasteiger partial charge in [-0.25, -0.2) is 4.98 Å². The van der Waals surface area contributed by atoms with Gasteiger partial charge in [-0.2, -0.15) is 0 Å². The largest absolute Gasteiger partial charge is 0.373 e. The molecule has 2 aliphatic heterocycles. The lowest BCUT2D eigenvalue weighted by atomic mass is 10.0. The van der Waals surface area contributed by atoms with E-state index in [1.54, 1.807) is 11.3 Å². The van der Waals surface area contributed by atoms with E-state index in [0.29, 0.717) is 13.0 Å². The summed E-state index contributed by atoms with van der Waals surface area (Å²) in [6.07, 6.45) is 5.24. The predicted octanol–water partition coefficient (Wildman–Crippen LogP) is 2.39. The number of thiophene rings is 1. The van der Waals surface area contributed by atoms with E-state index in [2.05, 4.69) is 32.5 Å². The van der Waals surface area contributed by atoms with E-state index in [0.717, 1.165) is 37.3 Å². The standard InChI is InChI=1S/C17H21N3O2S/c1-11-9-20-10-12(2-3-16(20)18-11)19-17(21)8-14-13-5-7-23-15(13)4-6-22-14/h5,7,9,12,14H,2-4,6,8,10H2,1H3,(H,19,21)/t12-,14+/m0/s1. The molecule has 0 aliphatic carbocycles. The zero-order valence-electron chi connectivity index (χ0n) is 13.2. The second-order valence-electron chi connectivity index (χ2n) is 6.37. The molecule has 6 heteroatoms. The number of fused-ring (bicyclic) bond motifs is 2.